The second-order valence-corrected chi connectivity index (χ2v) is 21.7. The quantitative estimate of drug-likeness (QED) is 0.0321. The van der Waals surface area contributed by atoms with Gasteiger partial charge in [0.2, 0.25) is 11.8 Å². The highest BCUT2D eigenvalue weighted by Crippen LogP contribution is 2.61. The summed E-state index contributed by atoms with van der Waals surface area (Å²) in [5.74, 6) is -0.891. The van der Waals surface area contributed by atoms with Crippen molar-refractivity contribution in [3.8, 4) is 0 Å². The molecule has 25 nitrogen and oxygen atoms in total. The number of benzene rings is 1. The number of phosphoric ester groups is 3. The number of rotatable bonds is 26. The van der Waals surface area contributed by atoms with E-state index in [2.05, 4.69) is 45.5 Å². The number of imidazole rings is 1. The molecule has 1 aliphatic heterocycles. The summed E-state index contributed by atoms with van der Waals surface area (Å²) in [4.78, 5) is 96.4. The number of Topliss-reactive ketones (excluding diaryl/α,β-unsaturated/α-hetero) is 1. The summed E-state index contributed by atoms with van der Waals surface area (Å²) in [6.45, 7) is 4.41. The number of phosphoric acid groups is 3. The minimum absolute atomic E-state index is 0.000178. The number of thioether (sulfide) groups is 1. The molecule has 0 saturated carbocycles. The van der Waals surface area contributed by atoms with E-state index in [1.807, 2.05) is 38.2 Å². The average molecular weight is 1010 g/mol. The van der Waals surface area contributed by atoms with Crippen molar-refractivity contribution in [2.45, 2.75) is 89.3 Å². The van der Waals surface area contributed by atoms with Gasteiger partial charge in [0, 0.05) is 65.4 Å². The molecule has 1 saturated heterocycles. The van der Waals surface area contributed by atoms with Gasteiger partial charge in [-0.05, 0) is 24.5 Å². The van der Waals surface area contributed by atoms with Gasteiger partial charge in [0.25, 0.3) is 0 Å². The lowest BCUT2D eigenvalue weighted by Gasteiger charge is -2.34. The SMILES string of the molecule is CC(SCCNC(=O)CCNC(=O)C(O)C(C)(C)COP(=O)(O)OP(=O)(O)OCC1OC(n2cnc3c(N)ncnc32)C(O)C1OP(=O)([O-])[O-])C(C)C(=O)CCCc1c[nH]c2ccccc12. The standard InChI is InChI=1S/C37H55N8O17P3S/c1-21(26(46)11-7-8-23-16-41-25-10-6-5-9-24(23)25)22(2)66-15-14-39-28(47)12-13-40-35(50)32(49)37(3,4)18-59-65(56,57)62-64(54,55)58-17-27-31(61-63(51,52)53)30(48)36(60-27)45-20-44-29-33(38)42-19-43-34(29)45/h5-6,9-10,16,19-22,27,30-32,36,41,48-49H,7-8,11-15,17-18H2,1-4H3,(H,39,47)(H,40,50)(H,54,55)(H,56,57)(H2,38,42,43)(H2,51,52,53)/p-2. The number of aromatic nitrogens is 5. The number of anilines is 1. The maximum atomic E-state index is 12.9. The molecule has 29 heteroatoms. The first kappa shape index (κ1) is 53.3. The number of nitrogen functional groups attached to an aromatic ring is 1. The highest BCUT2D eigenvalue weighted by molar-refractivity contribution is 7.99. The van der Waals surface area contributed by atoms with Crippen LogP contribution < -0.4 is 26.2 Å². The van der Waals surface area contributed by atoms with E-state index in [0.717, 1.165) is 41.0 Å². The highest BCUT2D eigenvalue weighted by atomic mass is 32.2. The van der Waals surface area contributed by atoms with E-state index < -0.39 is 84.6 Å². The van der Waals surface area contributed by atoms with Crippen molar-refractivity contribution in [1.82, 2.24) is 35.1 Å². The lowest BCUT2D eigenvalue weighted by Crippen LogP contribution is -2.46. The number of amides is 2. The fourth-order valence-electron chi connectivity index (χ4n) is 6.79. The van der Waals surface area contributed by atoms with E-state index in [-0.39, 0.29) is 46.9 Å². The summed E-state index contributed by atoms with van der Waals surface area (Å²) < 4.78 is 61.8. The number of hydrogen-bond acceptors (Lipinski definition) is 20. The maximum Gasteiger partial charge on any atom is 0.481 e. The van der Waals surface area contributed by atoms with Crippen LogP contribution in [0.15, 0.2) is 43.1 Å². The van der Waals surface area contributed by atoms with Crippen LogP contribution in [-0.2, 0) is 57.1 Å². The monoisotopic (exact) mass is 1010 g/mol. The summed E-state index contributed by atoms with van der Waals surface area (Å²) in [6.07, 6.45) is -3.33. The summed E-state index contributed by atoms with van der Waals surface area (Å²) in [7, 11) is -17.0. The number of carbonyl (C=O) groups excluding carboxylic acids is 3. The number of nitrogens with two attached hydrogens (primary N) is 1. The zero-order valence-corrected chi connectivity index (χ0v) is 39.7. The molecular formula is C37H53N8O17P3S-2. The molecule has 3 aromatic heterocycles. The molecule has 0 bridgehead atoms. The summed E-state index contributed by atoms with van der Waals surface area (Å²) >= 11 is 1.55. The first-order valence-corrected chi connectivity index (χ1v) is 25.9. The molecule has 1 aromatic carbocycles. The van der Waals surface area contributed by atoms with Crippen molar-refractivity contribution in [2.24, 2.45) is 11.3 Å². The van der Waals surface area contributed by atoms with Crippen LogP contribution in [-0.4, -0.2) is 124 Å². The number of nitrogens with one attached hydrogen (secondary N) is 3. The Balaban J connectivity index is 0.991. The van der Waals surface area contributed by atoms with E-state index in [9.17, 15) is 57.9 Å². The Labute approximate surface area is 382 Å². The fraction of sp³-hybridized carbons (Fsp3) is 0.568. The minimum Gasteiger partial charge on any atom is -0.790 e. The Morgan fingerprint density at radius 3 is 2.48 bits per heavy atom. The maximum absolute atomic E-state index is 12.9. The van der Waals surface area contributed by atoms with Crippen LogP contribution >= 0.6 is 35.2 Å². The molecular weight excluding hydrogens is 953 g/mol. The molecule has 9 unspecified atom stereocenters. The van der Waals surface area contributed by atoms with Gasteiger partial charge in [-0.15, -0.1) is 0 Å². The van der Waals surface area contributed by atoms with Gasteiger partial charge >= 0.3 is 15.6 Å². The molecule has 4 heterocycles. The van der Waals surface area contributed by atoms with E-state index >= 15 is 0 Å². The summed E-state index contributed by atoms with van der Waals surface area (Å²) in [5, 5.41) is 27.8. The summed E-state index contributed by atoms with van der Waals surface area (Å²) in [5.41, 5.74) is 6.44. The molecule has 66 heavy (non-hydrogen) atoms. The van der Waals surface area contributed by atoms with Gasteiger partial charge < -0.3 is 65.0 Å². The number of para-hydroxylation sites is 1. The zero-order valence-electron chi connectivity index (χ0n) is 36.2. The molecule has 0 radical (unpaired) electrons. The molecule has 5 rings (SSSR count). The van der Waals surface area contributed by atoms with Crippen molar-refractivity contribution >= 4 is 80.7 Å². The van der Waals surface area contributed by atoms with Crippen LogP contribution in [0.3, 0.4) is 0 Å². The molecule has 2 amide bonds. The predicted octanol–water partition coefficient (Wildman–Crippen LogP) is 0.972. The molecule has 4 aromatic rings. The van der Waals surface area contributed by atoms with Crippen LogP contribution in [0.4, 0.5) is 5.82 Å². The van der Waals surface area contributed by atoms with E-state index in [1.165, 1.54) is 19.4 Å². The Morgan fingerprint density at radius 1 is 1.05 bits per heavy atom. The third kappa shape index (κ3) is 14.7. The van der Waals surface area contributed by atoms with Crippen LogP contribution in [0.1, 0.15) is 58.7 Å². The molecule has 0 aliphatic carbocycles. The van der Waals surface area contributed by atoms with Gasteiger partial charge in [-0.25, -0.2) is 24.1 Å². The molecule has 0 spiro atoms. The first-order chi connectivity index (χ1) is 30.9. The minimum atomic E-state index is -5.83. The molecule has 1 fully saturated rings. The number of H-pyrrole nitrogens is 1. The first-order valence-electron chi connectivity index (χ1n) is 20.4. The zero-order chi connectivity index (χ0) is 48.6. The van der Waals surface area contributed by atoms with Crippen LogP contribution in [0, 0.1) is 11.3 Å². The second-order valence-electron chi connectivity index (χ2n) is 16.1. The van der Waals surface area contributed by atoms with E-state index in [0.29, 0.717) is 18.7 Å². The van der Waals surface area contributed by atoms with Gasteiger partial charge in [0.1, 0.15) is 42.0 Å². The Kier molecular flexibility index (Phi) is 18.3. The van der Waals surface area contributed by atoms with Crippen molar-refractivity contribution in [3.05, 3.63) is 48.7 Å². The predicted molar refractivity (Wildman–Crippen MR) is 233 cm³/mol. The normalized spacial score (nSPS) is 21.2. The molecule has 9 atom stereocenters. The van der Waals surface area contributed by atoms with Crippen LogP contribution in [0.25, 0.3) is 22.1 Å². The number of hydrogen-bond donors (Lipinski definition) is 8. The van der Waals surface area contributed by atoms with Gasteiger partial charge in [-0.3, -0.25) is 28.0 Å². The highest BCUT2D eigenvalue weighted by Gasteiger charge is 2.48. The van der Waals surface area contributed by atoms with Crippen molar-refractivity contribution in [1.29, 1.82) is 0 Å². The fourth-order valence-corrected chi connectivity index (χ4v) is 10.6. The number of aryl methyl sites for hydroxylation is 1. The molecule has 1 aliphatic rings. The number of aromatic amines is 1. The number of ketones is 1. The number of carbonyl (C=O) groups is 3. The van der Waals surface area contributed by atoms with Gasteiger partial charge in [0.05, 0.1) is 27.4 Å². The number of nitrogens with zero attached hydrogens (tertiary/aromatic N) is 4. The number of aliphatic hydroxyl groups excluding tert-OH is 2. The number of ether oxygens (including phenoxy) is 1. The smallest absolute Gasteiger partial charge is 0.481 e. The van der Waals surface area contributed by atoms with Gasteiger partial charge in [-0.2, -0.15) is 16.1 Å². The molecule has 366 valence electrons. The van der Waals surface area contributed by atoms with Crippen molar-refractivity contribution < 1.29 is 80.5 Å². The van der Waals surface area contributed by atoms with E-state index in [4.69, 9.17) is 19.5 Å². The Hall–Kier alpha value is -3.68. The third-order valence-electron chi connectivity index (χ3n) is 10.6. The average Bonchev–Trinajstić information content (AvgIpc) is 3.95. The number of fused-ring (bicyclic) bond motifs is 2. The van der Waals surface area contributed by atoms with Gasteiger partial charge in [0.15, 0.2) is 17.7 Å². The lowest BCUT2D eigenvalue weighted by atomic mass is 9.87. The Bertz CT molecular complexity index is 2470. The van der Waals surface area contributed by atoms with Crippen molar-refractivity contribution in [2.75, 3.05) is 37.8 Å². The third-order valence-corrected chi connectivity index (χ3v) is 15.1. The van der Waals surface area contributed by atoms with Crippen LogP contribution in [0.2, 0.25) is 0 Å². The molecule has 9 N–H and O–H groups in total. The largest absolute Gasteiger partial charge is 0.790 e. The lowest BCUT2D eigenvalue weighted by molar-refractivity contribution is -0.347. The van der Waals surface area contributed by atoms with E-state index in [1.54, 1.807) is 11.8 Å². The summed E-state index contributed by atoms with van der Waals surface area (Å²) in [6, 6.07) is 8.02. The Morgan fingerprint density at radius 2 is 1.76 bits per heavy atom. The van der Waals surface area contributed by atoms with Gasteiger partial charge in [-0.1, -0.05) is 45.9 Å². The van der Waals surface area contributed by atoms with Crippen molar-refractivity contribution in [3.63, 3.8) is 0 Å². The second kappa shape index (κ2) is 22.6. The van der Waals surface area contributed by atoms with Crippen LogP contribution in [0.5, 0.6) is 0 Å². The topological polar surface area (TPSA) is 385 Å². The number of aliphatic hydroxyl groups is 2.